The van der Waals surface area contributed by atoms with E-state index in [0.717, 1.165) is 44.1 Å². The Hall–Kier alpha value is -2.98. The lowest BCUT2D eigenvalue weighted by atomic mass is 9.90. The smallest absolute Gasteiger partial charge is 0.243 e. The summed E-state index contributed by atoms with van der Waals surface area (Å²) in [5.74, 6) is 0.0632. The van der Waals surface area contributed by atoms with Crippen molar-refractivity contribution in [2.45, 2.75) is 95.4 Å². The highest BCUT2D eigenvalue weighted by atomic mass is 16.6. The number of ether oxygens (including phenoxy) is 3. The normalized spacial score (nSPS) is 23.2. The molecule has 3 amide bonds. The van der Waals surface area contributed by atoms with Crippen molar-refractivity contribution in [3.63, 3.8) is 0 Å². The first-order chi connectivity index (χ1) is 19.7. The van der Waals surface area contributed by atoms with E-state index in [0.29, 0.717) is 44.3 Å². The molecule has 1 saturated carbocycles. The molecule has 2 aliphatic heterocycles. The number of benzene rings is 1. The standard InChI is InChI=1S/C31H45N3O7/c1-20(32-27(35)18-23-12-14-40-15-13-23)29(37)34-26(17-22-8-10-24(39-3)11-9-22)30(38)33-25(16-21-6-4-5-7-21)28(36)31(2)19-41-31/h8-11,20-21,23,25-26H,4-7,12-19H2,1-3H3,(H,32,35)(H,33,38)(H,34,37). The number of epoxide rings is 1. The third kappa shape index (κ3) is 9.00. The average molecular weight is 572 g/mol. The maximum absolute atomic E-state index is 13.7. The number of nitrogens with one attached hydrogen (secondary N) is 3. The summed E-state index contributed by atoms with van der Waals surface area (Å²) in [4.78, 5) is 52.8. The lowest BCUT2D eigenvalue weighted by molar-refractivity contribution is -0.134. The molecule has 4 atom stereocenters. The van der Waals surface area contributed by atoms with Crippen molar-refractivity contribution in [2.75, 3.05) is 26.9 Å². The summed E-state index contributed by atoms with van der Waals surface area (Å²) in [5.41, 5.74) is -0.0484. The third-order valence-corrected chi connectivity index (χ3v) is 8.59. The average Bonchev–Trinajstić information content (AvgIpc) is 3.51. The van der Waals surface area contributed by atoms with Crippen LogP contribution in [0.25, 0.3) is 0 Å². The van der Waals surface area contributed by atoms with Crippen molar-refractivity contribution in [2.24, 2.45) is 11.8 Å². The molecule has 0 bridgehead atoms. The van der Waals surface area contributed by atoms with Crippen LogP contribution < -0.4 is 20.7 Å². The maximum atomic E-state index is 13.7. The van der Waals surface area contributed by atoms with Crippen LogP contribution in [0.2, 0.25) is 0 Å². The SMILES string of the molecule is COc1ccc(CC(NC(=O)C(C)NC(=O)CC2CCOCC2)C(=O)NC(CC2CCCC2)C(=O)C2(C)CO2)cc1. The van der Waals surface area contributed by atoms with Crippen molar-refractivity contribution >= 4 is 23.5 Å². The van der Waals surface area contributed by atoms with Crippen LogP contribution in [0, 0.1) is 11.8 Å². The fourth-order valence-corrected chi connectivity index (χ4v) is 5.78. The van der Waals surface area contributed by atoms with Gasteiger partial charge in [0.05, 0.1) is 19.8 Å². The molecule has 226 valence electrons. The van der Waals surface area contributed by atoms with Crippen molar-refractivity contribution in [3.05, 3.63) is 29.8 Å². The van der Waals surface area contributed by atoms with Crippen molar-refractivity contribution in [1.29, 1.82) is 0 Å². The van der Waals surface area contributed by atoms with Crippen LogP contribution in [0.15, 0.2) is 24.3 Å². The lowest BCUT2D eigenvalue weighted by Gasteiger charge is -2.27. The van der Waals surface area contributed by atoms with E-state index in [9.17, 15) is 19.2 Å². The summed E-state index contributed by atoms with van der Waals surface area (Å²) in [5, 5.41) is 8.58. The fourth-order valence-electron chi connectivity index (χ4n) is 5.78. The van der Waals surface area contributed by atoms with E-state index in [2.05, 4.69) is 16.0 Å². The summed E-state index contributed by atoms with van der Waals surface area (Å²) in [6.45, 7) is 5.00. The van der Waals surface area contributed by atoms with E-state index in [1.807, 2.05) is 12.1 Å². The van der Waals surface area contributed by atoms with E-state index in [1.165, 1.54) is 0 Å². The minimum atomic E-state index is -0.947. The minimum Gasteiger partial charge on any atom is -0.497 e. The molecule has 3 fully saturated rings. The molecule has 0 aromatic heterocycles. The van der Waals surface area contributed by atoms with Gasteiger partial charge in [0, 0.05) is 26.1 Å². The number of carbonyl (C=O) groups excluding carboxylic acids is 4. The van der Waals surface area contributed by atoms with Gasteiger partial charge in [0.1, 0.15) is 23.4 Å². The van der Waals surface area contributed by atoms with Crippen molar-refractivity contribution in [1.82, 2.24) is 16.0 Å². The Bertz CT molecular complexity index is 1060. The number of amides is 3. The molecule has 0 spiro atoms. The molecule has 3 aliphatic rings. The summed E-state index contributed by atoms with van der Waals surface area (Å²) in [6.07, 6.45) is 7.08. The molecule has 1 aromatic carbocycles. The zero-order chi connectivity index (χ0) is 29.4. The Kier molecular flexibility index (Phi) is 10.8. The largest absolute Gasteiger partial charge is 0.497 e. The zero-order valence-electron chi connectivity index (χ0n) is 24.5. The highest BCUT2D eigenvalue weighted by Crippen LogP contribution is 2.33. The second kappa shape index (κ2) is 14.3. The van der Waals surface area contributed by atoms with Crippen LogP contribution in [-0.4, -0.2) is 74.2 Å². The Labute approximate surface area is 242 Å². The predicted octanol–water partition coefficient (Wildman–Crippen LogP) is 2.47. The molecule has 2 saturated heterocycles. The van der Waals surface area contributed by atoms with Crippen LogP contribution in [0.4, 0.5) is 0 Å². The second-order valence-electron chi connectivity index (χ2n) is 12.0. The Morgan fingerprint density at radius 2 is 1.56 bits per heavy atom. The molecule has 1 aliphatic carbocycles. The molecule has 10 nitrogen and oxygen atoms in total. The van der Waals surface area contributed by atoms with Gasteiger partial charge in [-0.3, -0.25) is 19.2 Å². The van der Waals surface area contributed by atoms with Gasteiger partial charge in [-0.25, -0.2) is 0 Å². The summed E-state index contributed by atoms with van der Waals surface area (Å²) >= 11 is 0. The predicted molar refractivity (Wildman–Crippen MR) is 152 cm³/mol. The number of hydrogen-bond acceptors (Lipinski definition) is 7. The van der Waals surface area contributed by atoms with E-state index in [1.54, 1.807) is 33.1 Å². The van der Waals surface area contributed by atoms with E-state index >= 15 is 0 Å². The minimum absolute atomic E-state index is 0.124. The van der Waals surface area contributed by atoms with Gasteiger partial charge in [0.15, 0.2) is 5.78 Å². The molecule has 10 heteroatoms. The number of methoxy groups -OCH3 is 1. The van der Waals surface area contributed by atoms with Gasteiger partial charge in [-0.1, -0.05) is 37.8 Å². The van der Waals surface area contributed by atoms with Gasteiger partial charge in [-0.05, 0) is 62.6 Å². The monoisotopic (exact) mass is 571 g/mol. The van der Waals surface area contributed by atoms with E-state index < -0.39 is 35.5 Å². The molecule has 4 rings (SSSR count). The first kappa shape index (κ1) is 31.0. The molecule has 3 N–H and O–H groups in total. The number of carbonyl (C=O) groups is 4. The second-order valence-corrected chi connectivity index (χ2v) is 12.0. The summed E-state index contributed by atoms with van der Waals surface area (Å²) in [6, 6.07) is 4.80. The molecule has 1 aromatic rings. The van der Waals surface area contributed by atoms with Gasteiger partial charge in [0.25, 0.3) is 0 Å². The van der Waals surface area contributed by atoms with Crippen LogP contribution >= 0.6 is 0 Å². The van der Waals surface area contributed by atoms with Crippen molar-refractivity contribution in [3.8, 4) is 5.75 Å². The van der Waals surface area contributed by atoms with Crippen LogP contribution in [0.3, 0.4) is 0 Å². The van der Waals surface area contributed by atoms with Gasteiger partial charge in [-0.15, -0.1) is 0 Å². The number of Topliss-reactive ketones (excluding diaryl/α,β-unsaturated/α-hetero) is 1. The Morgan fingerprint density at radius 1 is 0.927 bits per heavy atom. The first-order valence-electron chi connectivity index (χ1n) is 15.0. The van der Waals surface area contributed by atoms with Crippen molar-refractivity contribution < 1.29 is 33.4 Å². The number of ketones is 1. The quantitative estimate of drug-likeness (QED) is 0.292. The van der Waals surface area contributed by atoms with E-state index in [4.69, 9.17) is 14.2 Å². The molecule has 41 heavy (non-hydrogen) atoms. The zero-order valence-corrected chi connectivity index (χ0v) is 24.5. The van der Waals surface area contributed by atoms with Gasteiger partial charge in [0.2, 0.25) is 17.7 Å². The first-order valence-corrected chi connectivity index (χ1v) is 15.0. The lowest BCUT2D eigenvalue weighted by Crippen LogP contribution is -2.57. The van der Waals surface area contributed by atoms with Crippen LogP contribution in [-0.2, 0) is 35.1 Å². The molecule has 4 unspecified atom stereocenters. The third-order valence-electron chi connectivity index (χ3n) is 8.59. The topological polar surface area (TPSA) is 135 Å². The summed E-state index contributed by atoms with van der Waals surface area (Å²) < 4.78 is 16.0. The Morgan fingerprint density at radius 3 is 2.17 bits per heavy atom. The molecular formula is C31H45N3O7. The highest BCUT2D eigenvalue weighted by molar-refractivity contribution is 5.98. The molecule has 2 heterocycles. The van der Waals surface area contributed by atoms with Gasteiger partial charge in [-0.2, -0.15) is 0 Å². The fraction of sp³-hybridized carbons (Fsp3) is 0.677. The van der Waals surface area contributed by atoms with Gasteiger partial charge >= 0.3 is 0 Å². The van der Waals surface area contributed by atoms with Gasteiger partial charge < -0.3 is 30.2 Å². The molecular weight excluding hydrogens is 526 g/mol. The van der Waals surface area contributed by atoms with E-state index in [-0.39, 0.29) is 24.0 Å². The van der Waals surface area contributed by atoms with Crippen LogP contribution in [0.5, 0.6) is 5.75 Å². The number of hydrogen-bond donors (Lipinski definition) is 3. The molecule has 0 radical (unpaired) electrons. The maximum Gasteiger partial charge on any atom is 0.243 e. The number of rotatable bonds is 14. The van der Waals surface area contributed by atoms with Crippen LogP contribution in [0.1, 0.15) is 70.8 Å². The Balaban J connectivity index is 1.43. The summed E-state index contributed by atoms with van der Waals surface area (Å²) in [7, 11) is 1.58. The highest BCUT2D eigenvalue weighted by Gasteiger charge is 2.50.